The minimum absolute atomic E-state index is 0.0858. The third-order valence-electron chi connectivity index (χ3n) is 3.99. The summed E-state index contributed by atoms with van der Waals surface area (Å²) in [5.74, 6) is -0.402. The quantitative estimate of drug-likeness (QED) is 0.689. The van der Waals surface area contributed by atoms with Crippen molar-refractivity contribution in [1.29, 1.82) is 0 Å². The van der Waals surface area contributed by atoms with E-state index in [1.807, 2.05) is 0 Å². The highest BCUT2D eigenvalue weighted by molar-refractivity contribution is 6.30. The first-order chi connectivity index (χ1) is 12.1. The van der Waals surface area contributed by atoms with Gasteiger partial charge in [-0.25, -0.2) is 0 Å². The molecule has 2 unspecified atom stereocenters. The predicted molar refractivity (Wildman–Crippen MR) is 95.8 cm³/mol. The van der Waals surface area contributed by atoms with Gasteiger partial charge in [0, 0.05) is 30.3 Å². The molecule has 1 aromatic rings. The number of nitrogens with one attached hydrogen (secondary N) is 2. The average molecular weight is 369 g/mol. The molecular formula is C18H25ClN2O4. The van der Waals surface area contributed by atoms with Crippen LogP contribution in [-0.2, 0) is 14.3 Å². The van der Waals surface area contributed by atoms with Gasteiger partial charge in [0.25, 0.3) is 5.91 Å². The first kappa shape index (κ1) is 19.7. The summed E-state index contributed by atoms with van der Waals surface area (Å²) in [6, 6.07) is 6.62. The van der Waals surface area contributed by atoms with Crippen LogP contribution in [0.25, 0.3) is 0 Å². The summed E-state index contributed by atoms with van der Waals surface area (Å²) in [5.41, 5.74) is 0.528. The van der Waals surface area contributed by atoms with Crippen molar-refractivity contribution >= 4 is 23.4 Å². The molecule has 2 N–H and O–H groups in total. The van der Waals surface area contributed by atoms with Crippen LogP contribution in [0.15, 0.2) is 24.3 Å². The van der Waals surface area contributed by atoms with Crippen molar-refractivity contribution in [2.24, 2.45) is 0 Å². The zero-order chi connectivity index (χ0) is 18.1. The van der Waals surface area contributed by atoms with E-state index >= 15 is 0 Å². The summed E-state index contributed by atoms with van der Waals surface area (Å²) < 4.78 is 11.1. The van der Waals surface area contributed by atoms with Crippen LogP contribution >= 0.6 is 11.6 Å². The van der Waals surface area contributed by atoms with Gasteiger partial charge in [0.2, 0.25) is 5.91 Å². The monoisotopic (exact) mass is 368 g/mol. The second-order valence-electron chi connectivity index (χ2n) is 6.02. The van der Waals surface area contributed by atoms with Crippen LogP contribution < -0.4 is 10.6 Å². The highest BCUT2D eigenvalue weighted by atomic mass is 35.5. The Morgan fingerprint density at radius 3 is 2.64 bits per heavy atom. The van der Waals surface area contributed by atoms with Gasteiger partial charge < -0.3 is 20.1 Å². The van der Waals surface area contributed by atoms with Gasteiger partial charge in [-0.05, 0) is 50.5 Å². The van der Waals surface area contributed by atoms with Gasteiger partial charge in [0.15, 0.2) is 0 Å². The fourth-order valence-corrected chi connectivity index (χ4v) is 2.60. The van der Waals surface area contributed by atoms with Crippen molar-refractivity contribution in [2.75, 3.05) is 26.3 Å². The number of amides is 2. The highest BCUT2D eigenvalue weighted by Gasteiger charge is 2.18. The van der Waals surface area contributed by atoms with Crippen LogP contribution in [0.3, 0.4) is 0 Å². The van der Waals surface area contributed by atoms with Crippen LogP contribution in [0.2, 0.25) is 5.02 Å². The van der Waals surface area contributed by atoms with Gasteiger partial charge in [-0.15, -0.1) is 0 Å². The minimum Gasteiger partial charge on any atom is -0.376 e. The molecule has 2 rings (SSSR count). The first-order valence-corrected chi connectivity index (χ1v) is 8.98. The standard InChI is InChI=1S/C18H25ClN2O4/c1-13(25-12-16-4-2-3-11-24-16)17(22)20-9-10-21-18(23)14-5-7-15(19)8-6-14/h5-8,13,16H,2-4,9-12H2,1H3,(H,20,22)(H,21,23). The topological polar surface area (TPSA) is 76.7 Å². The van der Waals surface area contributed by atoms with Crippen molar-refractivity contribution in [2.45, 2.75) is 38.4 Å². The SMILES string of the molecule is CC(OCC1CCCCO1)C(=O)NCCNC(=O)c1ccc(Cl)cc1. The second-order valence-corrected chi connectivity index (χ2v) is 6.45. The van der Waals surface area contributed by atoms with Crippen LogP contribution in [0, 0.1) is 0 Å². The van der Waals surface area contributed by atoms with E-state index in [2.05, 4.69) is 10.6 Å². The lowest BCUT2D eigenvalue weighted by atomic mass is 10.1. The Kier molecular flexibility index (Phi) is 8.18. The van der Waals surface area contributed by atoms with Crippen molar-refractivity contribution < 1.29 is 19.1 Å². The molecule has 0 radical (unpaired) electrons. The van der Waals surface area contributed by atoms with Gasteiger partial charge in [-0.3, -0.25) is 9.59 Å². The molecule has 25 heavy (non-hydrogen) atoms. The molecule has 2 atom stereocenters. The molecule has 1 aliphatic heterocycles. The molecule has 2 amide bonds. The number of carbonyl (C=O) groups excluding carboxylic acids is 2. The highest BCUT2D eigenvalue weighted by Crippen LogP contribution is 2.13. The fraction of sp³-hybridized carbons (Fsp3) is 0.556. The molecule has 138 valence electrons. The molecule has 0 saturated carbocycles. The summed E-state index contributed by atoms with van der Waals surface area (Å²) in [4.78, 5) is 23.9. The summed E-state index contributed by atoms with van der Waals surface area (Å²) in [6.45, 7) is 3.59. The van der Waals surface area contributed by atoms with Crippen molar-refractivity contribution in [3.8, 4) is 0 Å². The number of ether oxygens (including phenoxy) is 2. The van der Waals surface area contributed by atoms with Crippen LogP contribution in [0.5, 0.6) is 0 Å². The van der Waals surface area contributed by atoms with E-state index in [4.69, 9.17) is 21.1 Å². The van der Waals surface area contributed by atoms with Crippen molar-refractivity contribution in [3.05, 3.63) is 34.9 Å². The lowest BCUT2D eigenvalue weighted by molar-refractivity contribution is -0.135. The molecule has 1 fully saturated rings. The minimum atomic E-state index is -0.544. The Labute approximate surface area is 153 Å². The van der Waals surface area contributed by atoms with E-state index in [1.165, 1.54) is 0 Å². The first-order valence-electron chi connectivity index (χ1n) is 8.61. The molecule has 0 bridgehead atoms. The zero-order valence-electron chi connectivity index (χ0n) is 14.4. The average Bonchev–Trinajstić information content (AvgIpc) is 2.64. The van der Waals surface area contributed by atoms with Crippen LogP contribution in [0.1, 0.15) is 36.5 Å². The van der Waals surface area contributed by atoms with Crippen LogP contribution in [-0.4, -0.2) is 50.3 Å². The van der Waals surface area contributed by atoms with Crippen LogP contribution in [0.4, 0.5) is 0 Å². The molecular weight excluding hydrogens is 344 g/mol. The van der Waals surface area contributed by atoms with Gasteiger partial charge >= 0.3 is 0 Å². The second kappa shape index (κ2) is 10.4. The van der Waals surface area contributed by atoms with E-state index < -0.39 is 6.10 Å². The summed E-state index contributed by atoms with van der Waals surface area (Å²) >= 11 is 5.78. The number of rotatable bonds is 8. The maximum atomic E-state index is 12.0. The Morgan fingerprint density at radius 1 is 1.24 bits per heavy atom. The molecule has 1 saturated heterocycles. The predicted octanol–water partition coefficient (Wildman–Crippen LogP) is 2.16. The number of halogens is 1. The maximum Gasteiger partial charge on any atom is 0.251 e. The molecule has 1 aromatic carbocycles. The van der Waals surface area contributed by atoms with E-state index in [-0.39, 0.29) is 17.9 Å². The lowest BCUT2D eigenvalue weighted by Crippen LogP contribution is -2.40. The Morgan fingerprint density at radius 2 is 1.96 bits per heavy atom. The van der Waals surface area contributed by atoms with Crippen molar-refractivity contribution in [3.63, 3.8) is 0 Å². The van der Waals surface area contributed by atoms with E-state index in [9.17, 15) is 9.59 Å². The molecule has 1 heterocycles. The number of carbonyl (C=O) groups is 2. The lowest BCUT2D eigenvalue weighted by Gasteiger charge is -2.23. The Balaban J connectivity index is 1.59. The maximum absolute atomic E-state index is 12.0. The third-order valence-corrected chi connectivity index (χ3v) is 4.24. The number of hydrogen-bond acceptors (Lipinski definition) is 4. The Hall–Kier alpha value is -1.63. The fourth-order valence-electron chi connectivity index (χ4n) is 2.47. The van der Waals surface area contributed by atoms with Gasteiger partial charge in [-0.2, -0.15) is 0 Å². The summed E-state index contributed by atoms with van der Waals surface area (Å²) in [6.07, 6.45) is 2.75. The van der Waals surface area contributed by atoms with Gasteiger partial charge in [0.1, 0.15) is 6.10 Å². The van der Waals surface area contributed by atoms with Gasteiger partial charge in [-0.1, -0.05) is 11.6 Å². The zero-order valence-corrected chi connectivity index (χ0v) is 15.2. The van der Waals surface area contributed by atoms with E-state index in [1.54, 1.807) is 31.2 Å². The van der Waals surface area contributed by atoms with E-state index in [0.717, 1.165) is 25.9 Å². The van der Waals surface area contributed by atoms with Gasteiger partial charge in [0.05, 0.1) is 12.7 Å². The summed E-state index contributed by atoms with van der Waals surface area (Å²) in [7, 11) is 0. The molecule has 6 nitrogen and oxygen atoms in total. The van der Waals surface area contributed by atoms with E-state index in [0.29, 0.717) is 30.3 Å². The summed E-state index contributed by atoms with van der Waals surface area (Å²) in [5, 5.41) is 6.06. The normalized spacial score (nSPS) is 18.4. The molecule has 0 aromatic heterocycles. The smallest absolute Gasteiger partial charge is 0.251 e. The number of hydrogen-bond donors (Lipinski definition) is 2. The molecule has 0 aliphatic carbocycles. The largest absolute Gasteiger partial charge is 0.376 e. The Bertz CT molecular complexity index is 559. The molecule has 0 spiro atoms. The van der Waals surface area contributed by atoms with Crippen molar-refractivity contribution in [1.82, 2.24) is 10.6 Å². The molecule has 7 heteroatoms. The molecule has 1 aliphatic rings. The third kappa shape index (κ3) is 7.02. The number of benzene rings is 1.